The molecule has 1 saturated heterocycles. The van der Waals surface area contributed by atoms with Crippen LogP contribution in [0.3, 0.4) is 0 Å². The van der Waals surface area contributed by atoms with E-state index >= 15 is 0 Å². The molecule has 0 saturated carbocycles. The number of thiophene rings is 1. The Balaban J connectivity index is 1.45. The van der Waals surface area contributed by atoms with Gasteiger partial charge in [0.25, 0.3) is 5.91 Å². The number of carbonyl (C=O) groups is 1. The highest BCUT2D eigenvalue weighted by Gasteiger charge is 2.31. The van der Waals surface area contributed by atoms with Crippen LogP contribution in [0.15, 0.2) is 46.7 Å². The van der Waals surface area contributed by atoms with Gasteiger partial charge < -0.3 is 0 Å². The summed E-state index contributed by atoms with van der Waals surface area (Å²) in [5.74, 6) is 0.322. The minimum Gasteiger partial charge on any atom is -0.298 e. The van der Waals surface area contributed by atoms with E-state index in [1.165, 1.54) is 46.9 Å². The molecule has 0 aliphatic carbocycles. The molecule has 4 rings (SSSR count). The van der Waals surface area contributed by atoms with Crippen molar-refractivity contribution in [3.8, 4) is 10.6 Å². The van der Waals surface area contributed by atoms with Crippen LogP contribution >= 0.6 is 34.3 Å². The predicted octanol–water partition coefficient (Wildman–Crippen LogP) is 5.44. The van der Waals surface area contributed by atoms with Crippen LogP contribution in [-0.2, 0) is 10.0 Å². The van der Waals surface area contributed by atoms with Crippen LogP contribution in [0.2, 0.25) is 4.34 Å². The molecule has 0 unspecified atom stereocenters. The molecule has 1 fully saturated rings. The lowest BCUT2D eigenvalue weighted by molar-refractivity contribution is 0.102. The largest absolute Gasteiger partial charge is 0.298 e. The first-order valence-electron chi connectivity index (χ1n) is 9.85. The first-order chi connectivity index (χ1) is 14.7. The Hall–Kier alpha value is -1.78. The number of thiazole rings is 1. The summed E-state index contributed by atoms with van der Waals surface area (Å²) in [6.45, 7) is 5.19. The molecule has 1 aliphatic heterocycles. The first kappa shape index (κ1) is 22.4. The van der Waals surface area contributed by atoms with Gasteiger partial charge >= 0.3 is 0 Å². The number of nitrogens with one attached hydrogen (secondary N) is 1. The van der Waals surface area contributed by atoms with E-state index in [0.717, 1.165) is 17.0 Å². The molecule has 3 aromatic rings. The van der Waals surface area contributed by atoms with E-state index < -0.39 is 10.0 Å². The lowest BCUT2D eigenvalue weighted by Crippen LogP contribution is -2.42. The van der Waals surface area contributed by atoms with Crippen molar-refractivity contribution < 1.29 is 13.2 Å². The maximum atomic E-state index is 13.0. The van der Waals surface area contributed by atoms with Gasteiger partial charge in [-0.05, 0) is 54.7 Å². The lowest BCUT2D eigenvalue weighted by Gasteiger charge is -2.34. The number of amides is 1. The number of halogens is 1. The van der Waals surface area contributed by atoms with Gasteiger partial charge in [-0.15, -0.1) is 22.7 Å². The van der Waals surface area contributed by atoms with Gasteiger partial charge in [0.2, 0.25) is 10.0 Å². The molecule has 1 aromatic carbocycles. The quantitative estimate of drug-likeness (QED) is 0.510. The Kier molecular flexibility index (Phi) is 6.50. The molecule has 1 N–H and O–H groups in total. The average molecular weight is 496 g/mol. The van der Waals surface area contributed by atoms with Gasteiger partial charge in [-0.2, -0.15) is 4.31 Å². The molecule has 0 spiro atoms. The molecule has 1 amide bonds. The normalized spacial score (nSPS) is 20.0. The second-order valence-corrected chi connectivity index (χ2v) is 12.4. The maximum absolute atomic E-state index is 13.0. The summed E-state index contributed by atoms with van der Waals surface area (Å²) in [6.07, 6.45) is 1.03. The fourth-order valence-electron chi connectivity index (χ4n) is 3.79. The second-order valence-electron chi connectivity index (χ2n) is 7.89. The standard InChI is InChI=1S/C21H22ClN3O3S3/c1-13-9-14(2)11-25(10-13)31(27,28)16-5-3-15(4-6-16)20(26)24-21-23-17(12-29-21)18-7-8-19(22)30-18/h3-8,12-14H,9-11H2,1-2H3,(H,23,24,26)/t13-,14+. The summed E-state index contributed by atoms with van der Waals surface area (Å²) in [5, 5.41) is 5.09. The Labute approximate surface area is 194 Å². The van der Waals surface area contributed by atoms with Crippen molar-refractivity contribution in [2.75, 3.05) is 18.4 Å². The number of anilines is 1. The lowest BCUT2D eigenvalue weighted by atomic mass is 9.94. The highest BCUT2D eigenvalue weighted by molar-refractivity contribution is 7.89. The van der Waals surface area contributed by atoms with Crippen LogP contribution in [0.25, 0.3) is 10.6 Å². The minimum absolute atomic E-state index is 0.205. The smallest absolute Gasteiger partial charge is 0.257 e. The molecular weight excluding hydrogens is 474 g/mol. The minimum atomic E-state index is -3.57. The van der Waals surface area contributed by atoms with E-state index in [2.05, 4.69) is 24.1 Å². The van der Waals surface area contributed by atoms with Crippen molar-refractivity contribution in [1.82, 2.24) is 9.29 Å². The highest BCUT2D eigenvalue weighted by atomic mass is 35.5. The second kappa shape index (κ2) is 8.99. The van der Waals surface area contributed by atoms with E-state index in [4.69, 9.17) is 11.6 Å². The maximum Gasteiger partial charge on any atom is 0.257 e. The third kappa shape index (κ3) is 5.01. The molecule has 164 valence electrons. The first-order valence-corrected chi connectivity index (χ1v) is 13.4. The number of carbonyl (C=O) groups excluding carboxylic acids is 1. The molecule has 0 radical (unpaired) electrons. The number of benzene rings is 1. The number of rotatable bonds is 5. The average Bonchev–Trinajstić information content (AvgIpc) is 3.36. The molecule has 0 bridgehead atoms. The zero-order valence-electron chi connectivity index (χ0n) is 17.0. The monoisotopic (exact) mass is 495 g/mol. The van der Waals surface area contributed by atoms with Crippen LogP contribution in [0.1, 0.15) is 30.6 Å². The van der Waals surface area contributed by atoms with E-state index in [-0.39, 0.29) is 10.8 Å². The summed E-state index contributed by atoms with van der Waals surface area (Å²) in [4.78, 5) is 18.2. The van der Waals surface area contributed by atoms with Gasteiger partial charge in [0.1, 0.15) is 0 Å². The van der Waals surface area contributed by atoms with Crippen LogP contribution in [0.5, 0.6) is 0 Å². The van der Waals surface area contributed by atoms with E-state index in [0.29, 0.717) is 40.0 Å². The molecule has 6 nitrogen and oxygen atoms in total. The van der Waals surface area contributed by atoms with Crippen molar-refractivity contribution in [3.63, 3.8) is 0 Å². The van der Waals surface area contributed by atoms with Gasteiger partial charge in [0, 0.05) is 24.0 Å². The number of piperidine rings is 1. The van der Waals surface area contributed by atoms with Crippen LogP contribution in [-0.4, -0.2) is 36.7 Å². The van der Waals surface area contributed by atoms with Gasteiger partial charge in [0.05, 0.1) is 19.8 Å². The third-order valence-corrected chi connectivity index (χ3v) is 9.00. The number of aromatic nitrogens is 1. The number of sulfonamides is 1. The SMILES string of the molecule is C[C@@H]1C[C@H](C)CN(S(=O)(=O)c2ccc(C(=O)Nc3nc(-c4ccc(Cl)s4)cs3)cc2)C1. The topological polar surface area (TPSA) is 79.4 Å². The summed E-state index contributed by atoms with van der Waals surface area (Å²) in [5.41, 5.74) is 1.12. The van der Waals surface area contributed by atoms with E-state index in [1.54, 1.807) is 10.4 Å². The van der Waals surface area contributed by atoms with E-state index in [1.807, 2.05) is 11.4 Å². The molecule has 2 aromatic heterocycles. The molecule has 31 heavy (non-hydrogen) atoms. The van der Waals surface area contributed by atoms with Gasteiger partial charge in [-0.1, -0.05) is 25.4 Å². The van der Waals surface area contributed by atoms with Crippen LogP contribution in [0.4, 0.5) is 5.13 Å². The number of hydrogen-bond donors (Lipinski definition) is 1. The van der Waals surface area contributed by atoms with Crippen LogP contribution < -0.4 is 5.32 Å². The Morgan fingerprint density at radius 1 is 1.13 bits per heavy atom. The molecule has 3 heterocycles. The fourth-order valence-corrected chi connectivity index (χ4v) is 7.26. The zero-order valence-corrected chi connectivity index (χ0v) is 20.2. The van der Waals surface area contributed by atoms with Gasteiger partial charge in [-0.25, -0.2) is 13.4 Å². The molecular formula is C21H22ClN3O3S3. The van der Waals surface area contributed by atoms with E-state index in [9.17, 15) is 13.2 Å². The van der Waals surface area contributed by atoms with Crippen LogP contribution in [0, 0.1) is 11.8 Å². The van der Waals surface area contributed by atoms with Gasteiger partial charge in [0.15, 0.2) is 5.13 Å². The van der Waals surface area contributed by atoms with Crippen molar-refractivity contribution >= 4 is 55.3 Å². The number of nitrogens with zero attached hydrogens (tertiary/aromatic N) is 2. The predicted molar refractivity (Wildman–Crippen MR) is 127 cm³/mol. The fraction of sp³-hybridized carbons (Fsp3) is 0.333. The third-order valence-electron chi connectivity index (χ3n) is 5.14. The Bertz CT molecular complexity index is 1180. The Morgan fingerprint density at radius 3 is 2.42 bits per heavy atom. The number of hydrogen-bond acceptors (Lipinski definition) is 6. The van der Waals surface area contributed by atoms with Crippen molar-refractivity contribution in [1.29, 1.82) is 0 Å². The summed E-state index contributed by atoms with van der Waals surface area (Å²) in [6, 6.07) is 9.75. The molecule has 1 aliphatic rings. The van der Waals surface area contributed by atoms with Crippen molar-refractivity contribution in [3.05, 3.63) is 51.7 Å². The summed E-state index contributed by atoms with van der Waals surface area (Å²) in [7, 11) is -3.57. The van der Waals surface area contributed by atoms with Gasteiger partial charge in [-0.3, -0.25) is 10.1 Å². The molecule has 2 atom stereocenters. The summed E-state index contributed by atoms with van der Waals surface area (Å²) >= 11 is 8.71. The molecule has 10 heteroatoms. The van der Waals surface area contributed by atoms with Crippen molar-refractivity contribution in [2.45, 2.75) is 25.2 Å². The summed E-state index contributed by atoms with van der Waals surface area (Å²) < 4.78 is 28.2. The highest BCUT2D eigenvalue weighted by Crippen LogP contribution is 2.33. The zero-order chi connectivity index (χ0) is 22.2. The Morgan fingerprint density at radius 2 is 1.81 bits per heavy atom. The van der Waals surface area contributed by atoms with Crippen molar-refractivity contribution in [2.24, 2.45) is 11.8 Å².